The summed E-state index contributed by atoms with van der Waals surface area (Å²) in [5, 5.41) is 10.1. The third-order valence-corrected chi connectivity index (χ3v) is 2.80. The van der Waals surface area contributed by atoms with Gasteiger partial charge in [0.15, 0.2) is 11.6 Å². The quantitative estimate of drug-likeness (QED) is 0.867. The molecule has 94 valence electrons. The molecule has 2 aromatic rings. The molecule has 0 fully saturated rings. The summed E-state index contributed by atoms with van der Waals surface area (Å²) in [5.41, 5.74) is 1.19. The summed E-state index contributed by atoms with van der Waals surface area (Å²) in [4.78, 5) is 0. The minimum atomic E-state index is -1.18. The molecule has 18 heavy (non-hydrogen) atoms. The van der Waals surface area contributed by atoms with E-state index in [1.807, 2.05) is 0 Å². The standard InChI is InChI=1S/C14H11F3O/c1-8-2-4-10(15)7-11(8)14(18)9-3-5-12(16)13(17)6-9/h2-7,14,18H,1H3. The van der Waals surface area contributed by atoms with Crippen molar-refractivity contribution < 1.29 is 18.3 Å². The lowest BCUT2D eigenvalue weighted by Crippen LogP contribution is -2.03. The summed E-state index contributed by atoms with van der Waals surface area (Å²) in [6, 6.07) is 7.09. The van der Waals surface area contributed by atoms with Gasteiger partial charge in [-0.2, -0.15) is 0 Å². The van der Waals surface area contributed by atoms with Gasteiger partial charge < -0.3 is 5.11 Å². The average Bonchev–Trinajstić information content (AvgIpc) is 2.35. The maximum Gasteiger partial charge on any atom is 0.159 e. The number of aliphatic hydroxyl groups is 1. The van der Waals surface area contributed by atoms with E-state index in [-0.39, 0.29) is 5.56 Å². The van der Waals surface area contributed by atoms with Crippen LogP contribution in [0.25, 0.3) is 0 Å². The summed E-state index contributed by atoms with van der Waals surface area (Å²) in [7, 11) is 0. The van der Waals surface area contributed by atoms with Crippen molar-refractivity contribution in [2.75, 3.05) is 0 Å². The van der Waals surface area contributed by atoms with Gasteiger partial charge in [0, 0.05) is 0 Å². The first-order valence-electron chi connectivity index (χ1n) is 5.38. The molecular formula is C14H11F3O. The molecule has 0 aliphatic heterocycles. The van der Waals surface area contributed by atoms with Gasteiger partial charge in [-0.15, -0.1) is 0 Å². The number of rotatable bonds is 2. The first-order chi connectivity index (χ1) is 8.49. The van der Waals surface area contributed by atoms with Crippen molar-refractivity contribution in [3.05, 3.63) is 70.5 Å². The fourth-order valence-electron chi connectivity index (χ4n) is 1.77. The van der Waals surface area contributed by atoms with E-state index in [9.17, 15) is 18.3 Å². The minimum absolute atomic E-state index is 0.183. The van der Waals surface area contributed by atoms with E-state index in [1.54, 1.807) is 6.92 Å². The molecule has 0 aliphatic carbocycles. The third kappa shape index (κ3) is 2.38. The highest BCUT2D eigenvalue weighted by atomic mass is 19.2. The lowest BCUT2D eigenvalue weighted by Gasteiger charge is -2.14. The van der Waals surface area contributed by atoms with Crippen LogP contribution >= 0.6 is 0 Å². The second-order valence-corrected chi connectivity index (χ2v) is 4.08. The van der Waals surface area contributed by atoms with Gasteiger partial charge in [-0.25, -0.2) is 13.2 Å². The third-order valence-electron chi connectivity index (χ3n) is 2.80. The second-order valence-electron chi connectivity index (χ2n) is 4.08. The second kappa shape index (κ2) is 4.82. The Bertz CT molecular complexity index is 581. The van der Waals surface area contributed by atoms with Crippen LogP contribution in [0.2, 0.25) is 0 Å². The van der Waals surface area contributed by atoms with Gasteiger partial charge in [0.05, 0.1) is 0 Å². The SMILES string of the molecule is Cc1ccc(F)cc1C(O)c1ccc(F)c(F)c1. The molecule has 0 radical (unpaired) electrons. The van der Waals surface area contributed by atoms with Crippen molar-refractivity contribution in [2.45, 2.75) is 13.0 Å². The summed E-state index contributed by atoms with van der Waals surface area (Å²) in [5.74, 6) is -2.51. The van der Waals surface area contributed by atoms with E-state index in [4.69, 9.17) is 0 Å². The largest absolute Gasteiger partial charge is 0.384 e. The molecule has 2 rings (SSSR count). The van der Waals surface area contributed by atoms with E-state index in [0.29, 0.717) is 11.1 Å². The van der Waals surface area contributed by atoms with Gasteiger partial charge in [0.2, 0.25) is 0 Å². The van der Waals surface area contributed by atoms with Crippen LogP contribution in [-0.2, 0) is 0 Å². The summed E-state index contributed by atoms with van der Waals surface area (Å²) >= 11 is 0. The number of hydrogen-bond acceptors (Lipinski definition) is 1. The molecule has 1 unspecified atom stereocenters. The Labute approximate surface area is 103 Å². The van der Waals surface area contributed by atoms with E-state index in [0.717, 1.165) is 12.1 Å². The smallest absolute Gasteiger partial charge is 0.159 e. The monoisotopic (exact) mass is 252 g/mol. The van der Waals surface area contributed by atoms with Crippen LogP contribution in [0, 0.1) is 24.4 Å². The predicted molar refractivity (Wildman–Crippen MR) is 61.6 cm³/mol. The van der Waals surface area contributed by atoms with Crippen LogP contribution in [0.3, 0.4) is 0 Å². The van der Waals surface area contributed by atoms with Crippen molar-refractivity contribution in [2.24, 2.45) is 0 Å². The lowest BCUT2D eigenvalue weighted by molar-refractivity contribution is 0.218. The molecule has 0 spiro atoms. The normalized spacial score (nSPS) is 12.5. The molecule has 4 heteroatoms. The molecular weight excluding hydrogens is 241 g/mol. The van der Waals surface area contributed by atoms with Crippen molar-refractivity contribution in [3.63, 3.8) is 0 Å². The molecule has 0 amide bonds. The van der Waals surface area contributed by atoms with Crippen LogP contribution in [0.1, 0.15) is 22.8 Å². The van der Waals surface area contributed by atoms with Crippen molar-refractivity contribution in [3.8, 4) is 0 Å². The minimum Gasteiger partial charge on any atom is -0.384 e. The zero-order valence-corrected chi connectivity index (χ0v) is 9.62. The highest BCUT2D eigenvalue weighted by Gasteiger charge is 2.15. The molecule has 0 saturated heterocycles. The fraction of sp³-hybridized carbons (Fsp3) is 0.143. The van der Waals surface area contributed by atoms with E-state index >= 15 is 0 Å². The maximum atomic E-state index is 13.1. The Balaban J connectivity index is 2.44. The van der Waals surface area contributed by atoms with Gasteiger partial charge in [0.25, 0.3) is 0 Å². The Kier molecular flexibility index (Phi) is 3.39. The van der Waals surface area contributed by atoms with Gasteiger partial charge >= 0.3 is 0 Å². The van der Waals surface area contributed by atoms with Crippen molar-refractivity contribution >= 4 is 0 Å². The Morgan fingerprint density at radius 3 is 2.33 bits per heavy atom. The van der Waals surface area contributed by atoms with Crippen LogP contribution in [0.5, 0.6) is 0 Å². The molecule has 0 saturated carbocycles. The first kappa shape index (κ1) is 12.6. The molecule has 1 nitrogen and oxygen atoms in total. The number of aliphatic hydroxyl groups excluding tert-OH is 1. The molecule has 1 atom stereocenters. The molecule has 0 bridgehead atoms. The number of hydrogen-bond donors (Lipinski definition) is 1. The lowest BCUT2D eigenvalue weighted by atomic mass is 9.97. The first-order valence-corrected chi connectivity index (χ1v) is 5.38. The van der Waals surface area contributed by atoms with Gasteiger partial charge in [-0.3, -0.25) is 0 Å². The fourth-order valence-corrected chi connectivity index (χ4v) is 1.77. The van der Waals surface area contributed by atoms with Crippen LogP contribution < -0.4 is 0 Å². The van der Waals surface area contributed by atoms with Gasteiger partial charge in [-0.1, -0.05) is 12.1 Å². The van der Waals surface area contributed by atoms with Crippen molar-refractivity contribution in [1.82, 2.24) is 0 Å². The number of benzene rings is 2. The Hall–Kier alpha value is -1.81. The Morgan fingerprint density at radius 1 is 0.944 bits per heavy atom. The predicted octanol–water partition coefficient (Wildman–Crippen LogP) is 3.49. The summed E-state index contributed by atoms with van der Waals surface area (Å²) < 4.78 is 39.0. The number of aryl methyl sites for hydroxylation is 1. The van der Waals surface area contributed by atoms with Crippen LogP contribution in [-0.4, -0.2) is 5.11 Å². The summed E-state index contributed by atoms with van der Waals surface area (Å²) in [6.07, 6.45) is -1.18. The maximum absolute atomic E-state index is 13.1. The summed E-state index contributed by atoms with van der Waals surface area (Å²) in [6.45, 7) is 1.71. The van der Waals surface area contributed by atoms with Gasteiger partial charge in [-0.05, 0) is 47.9 Å². The highest BCUT2D eigenvalue weighted by molar-refractivity contribution is 5.35. The zero-order valence-electron chi connectivity index (χ0n) is 9.62. The number of halogens is 3. The molecule has 1 N–H and O–H groups in total. The molecule has 2 aromatic carbocycles. The van der Waals surface area contributed by atoms with E-state index in [2.05, 4.69) is 0 Å². The Morgan fingerprint density at radius 2 is 1.67 bits per heavy atom. The van der Waals surface area contributed by atoms with Crippen LogP contribution in [0.15, 0.2) is 36.4 Å². The average molecular weight is 252 g/mol. The molecule has 0 aromatic heterocycles. The zero-order chi connectivity index (χ0) is 13.3. The molecule has 0 heterocycles. The topological polar surface area (TPSA) is 20.2 Å². The van der Waals surface area contributed by atoms with E-state index in [1.165, 1.54) is 24.3 Å². The van der Waals surface area contributed by atoms with E-state index < -0.39 is 23.6 Å². The van der Waals surface area contributed by atoms with Crippen molar-refractivity contribution in [1.29, 1.82) is 0 Å². The van der Waals surface area contributed by atoms with Crippen LogP contribution in [0.4, 0.5) is 13.2 Å². The van der Waals surface area contributed by atoms with Gasteiger partial charge in [0.1, 0.15) is 11.9 Å². The molecule has 0 aliphatic rings. The highest BCUT2D eigenvalue weighted by Crippen LogP contribution is 2.26.